The molecule has 1 rings (SSSR count). The van der Waals surface area contributed by atoms with Crippen molar-refractivity contribution in [2.75, 3.05) is 6.54 Å². The van der Waals surface area contributed by atoms with E-state index in [1.54, 1.807) is 0 Å². The first-order chi connectivity index (χ1) is 9.82. The van der Waals surface area contributed by atoms with Gasteiger partial charge in [0.25, 0.3) is 11.6 Å². The molecule has 114 valence electrons. The predicted octanol–water partition coefficient (Wildman–Crippen LogP) is 2.13. The van der Waals surface area contributed by atoms with Crippen molar-refractivity contribution in [3.63, 3.8) is 0 Å². The fourth-order valence-electron chi connectivity index (χ4n) is 1.90. The van der Waals surface area contributed by atoms with Crippen LogP contribution in [0.15, 0.2) is 18.2 Å². The molecule has 0 bridgehead atoms. The fraction of sp³-hybridized carbons (Fsp3) is 0.429. The zero-order valence-electron chi connectivity index (χ0n) is 12.0. The van der Waals surface area contributed by atoms with Crippen LogP contribution in [0.4, 0.5) is 5.69 Å². The Morgan fingerprint density at radius 1 is 1.43 bits per heavy atom. The smallest absolute Gasteiger partial charge is 0.303 e. The van der Waals surface area contributed by atoms with E-state index in [2.05, 4.69) is 5.32 Å². The summed E-state index contributed by atoms with van der Waals surface area (Å²) in [6, 6.07) is 4.34. The summed E-state index contributed by atoms with van der Waals surface area (Å²) in [5.41, 5.74) is 0.481. The largest absolute Gasteiger partial charge is 0.481 e. The second-order valence-corrected chi connectivity index (χ2v) is 4.95. The topological polar surface area (TPSA) is 110 Å². The molecule has 2 N–H and O–H groups in total. The molecule has 1 unspecified atom stereocenters. The third-order valence-corrected chi connectivity index (χ3v) is 3.21. The monoisotopic (exact) mass is 294 g/mol. The van der Waals surface area contributed by atoms with Crippen LogP contribution in [-0.2, 0) is 4.79 Å². The number of nitrogens with zero attached hydrogens (tertiary/aromatic N) is 1. The molecule has 21 heavy (non-hydrogen) atoms. The maximum Gasteiger partial charge on any atom is 0.303 e. The van der Waals surface area contributed by atoms with Gasteiger partial charge in [0.15, 0.2) is 0 Å². The second kappa shape index (κ2) is 7.37. The predicted molar refractivity (Wildman–Crippen MR) is 76.2 cm³/mol. The van der Waals surface area contributed by atoms with E-state index in [0.717, 1.165) is 0 Å². The summed E-state index contributed by atoms with van der Waals surface area (Å²) in [6.07, 6.45) is 0.510. The van der Waals surface area contributed by atoms with Gasteiger partial charge in [0.2, 0.25) is 0 Å². The molecule has 1 aromatic rings. The normalized spacial score (nSPS) is 11.7. The molecular weight excluding hydrogens is 276 g/mol. The zero-order valence-corrected chi connectivity index (χ0v) is 12.0. The van der Waals surface area contributed by atoms with Crippen LogP contribution in [0.2, 0.25) is 0 Å². The van der Waals surface area contributed by atoms with Crippen LogP contribution in [0.3, 0.4) is 0 Å². The van der Waals surface area contributed by atoms with E-state index in [1.165, 1.54) is 25.1 Å². The van der Waals surface area contributed by atoms with Crippen LogP contribution < -0.4 is 5.32 Å². The van der Waals surface area contributed by atoms with Gasteiger partial charge >= 0.3 is 5.97 Å². The summed E-state index contributed by atoms with van der Waals surface area (Å²) < 4.78 is 0. The van der Waals surface area contributed by atoms with E-state index < -0.39 is 16.8 Å². The van der Waals surface area contributed by atoms with Crippen molar-refractivity contribution in [2.45, 2.75) is 26.7 Å². The highest BCUT2D eigenvalue weighted by atomic mass is 16.6. The number of aliphatic carboxylic acids is 1. The van der Waals surface area contributed by atoms with E-state index in [4.69, 9.17) is 5.11 Å². The van der Waals surface area contributed by atoms with Crippen LogP contribution in [0, 0.1) is 23.0 Å². The standard InChI is InChI=1S/C14H18N2O5/c1-9(6-7-13(17)18)8-15-14(19)11-4-3-5-12(10(11)2)16(20)21/h3-5,9H,6-8H2,1-2H3,(H,15,19)(H,17,18). The first kappa shape index (κ1) is 16.6. The number of nitro benzene ring substituents is 1. The number of carbonyl (C=O) groups excluding carboxylic acids is 1. The van der Waals surface area contributed by atoms with Crippen LogP contribution in [0.1, 0.15) is 35.7 Å². The third kappa shape index (κ3) is 4.87. The molecular formula is C14H18N2O5. The Bertz CT molecular complexity index is 556. The third-order valence-electron chi connectivity index (χ3n) is 3.21. The molecule has 0 radical (unpaired) electrons. The molecule has 7 heteroatoms. The second-order valence-electron chi connectivity index (χ2n) is 4.95. The van der Waals surface area contributed by atoms with Crippen molar-refractivity contribution in [3.8, 4) is 0 Å². The Balaban J connectivity index is 2.66. The minimum atomic E-state index is -0.872. The Kier molecular flexibility index (Phi) is 5.83. The van der Waals surface area contributed by atoms with E-state index in [-0.39, 0.29) is 23.6 Å². The van der Waals surface area contributed by atoms with E-state index in [9.17, 15) is 19.7 Å². The number of carboxylic acids is 1. The molecule has 0 aliphatic rings. The number of rotatable bonds is 7. The molecule has 0 heterocycles. The van der Waals surface area contributed by atoms with Gasteiger partial charge in [-0.3, -0.25) is 19.7 Å². The Morgan fingerprint density at radius 2 is 2.10 bits per heavy atom. The minimum absolute atomic E-state index is 0.0176. The SMILES string of the molecule is Cc1c(C(=O)NCC(C)CCC(=O)O)cccc1[N+](=O)[O-]. The molecule has 0 fully saturated rings. The number of nitro groups is 1. The summed E-state index contributed by atoms with van der Waals surface area (Å²) in [5, 5.41) is 22.1. The van der Waals surface area contributed by atoms with Gasteiger partial charge in [-0.1, -0.05) is 13.0 Å². The van der Waals surface area contributed by atoms with E-state index in [1.807, 2.05) is 6.92 Å². The summed E-state index contributed by atoms with van der Waals surface area (Å²) in [6.45, 7) is 3.69. The van der Waals surface area contributed by atoms with Gasteiger partial charge < -0.3 is 10.4 Å². The average molecular weight is 294 g/mol. The van der Waals surface area contributed by atoms with Gasteiger partial charge in [0.05, 0.1) is 4.92 Å². The number of carbonyl (C=O) groups is 2. The number of hydrogen-bond donors (Lipinski definition) is 2. The minimum Gasteiger partial charge on any atom is -0.481 e. The summed E-state index contributed by atoms with van der Waals surface area (Å²) in [5.74, 6) is -1.25. The van der Waals surface area contributed by atoms with Gasteiger partial charge in [-0.2, -0.15) is 0 Å². The lowest BCUT2D eigenvalue weighted by atomic mass is 10.0. The molecule has 7 nitrogen and oxygen atoms in total. The molecule has 1 aromatic carbocycles. The Labute approximate surface area is 122 Å². The average Bonchev–Trinajstić information content (AvgIpc) is 2.42. The maximum absolute atomic E-state index is 12.0. The first-order valence-corrected chi connectivity index (χ1v) is 6.57. The van der Waals surface area contributed by atoms with E-state index >= 15 is 0 Å². The van der Waals surface area contributed by atoms with Gasteiger partial charge in [-0.25, -0.2) is 0 Å². The Morgan fingerprint density at radius 3 is 2.67 bits per heavy atom. The van der Waals surface area contributed by atoms with Crippen molar-refractivity contribution >= 4 is 17.6 Å². The highest BCUT2D eigenvalue weighted by Gasteiger charge is 2.18. The van der Waals surface area contributed by atoms with Crippen molar-refractivity contribution < 1.29 is 19.6 Å². The van der Waals surface area contributed by atoms with Gasteiger partial charge in [-0.15, -0.1) is 0 Å². The molecule has 0 aliphatic heterocycles. The number of amides is 1. The number of nitrogens with one attached hydrogen (secondary N) is 1. The van der Waals surface area contributed by atoms with Crippen molar-refractivity contribution in [1.29, 1.82) is 0 Å². The van der Waals surface area contributed by atoms with Gasteiger partial charge in [-0.05, 0) is 25.3 Å². The zero-order chi connectivity index (χ0) is 16.0. The Hall–Kier alpha value is -2.44. The summed E-state index contributed by atoms with van der Waals surface area (Å²) in [7, 11) is 0. The quantitative estimate of drug-likeness (QED) is 0.591. The highest BCUT2D eigenvalue weighted by molar-refractivity contribution is 5.96. The van der Waals surface area contributed by atoms with Gasteiger partial charge in [0.1, 0.15) is 0 Å². The van der Waals surface area contributed by atoms with Gasteiger partial charge in [0, 0.05) is 30.2 Å². The van der Waals surface area contributed by atoms with Crippen LogP contribution >= 0.6 is 0 Å². The molecule has 0 saturated heterocycles. The van der Waals surface area contributed by atoms with Crippen molar-refractivity contribution in [1.82, 2.24) is 5.32 Å². The molecule has 0 aromatic heterocycles. The molecule has 0 spiro atoms. The summed E-state index contributed by atoms with van der Waals surface area (Å²) in [4.78, 5) is 32.8. The first-order valence-electron chi connectivity index (χ1n) is 6.57. The number of hydrogen-bond acceptors (Lipinski definition) is 4. The van der Waals surface area contributed by atoms with E-state index in [0.29, 0.717) is 18.5 Å². The number of benzene rings is 1. The lowest BCUT2D eigenvalue weighted by Gasteiger charge is -2.12. The highest BCUT2D eigenvalue weighted by Crippen LogP contribution is 2.21. The lowest BCUT2D eigenvalue weighted by Crippen LogP contribution is -2.29. The fourth-order valence-corrected chi connectivity index (χ4v) is 1.90. The van der Waals surface area contributed by atoms with Crippen LogP contribution in [0.25, 0.3) is 0 Å². The molecule has 1 atom stereocenters. The molecule has 0 saturated carbocycles. The number of carboxylic acid groups (broad SMARTS) is 1. The molecule has 0 aliphatic carbocycles. The summed E-state index contributed by atoms with van der Waals surface area (Å²) >= 11 is 0. The van der Waals surface area contributed by atoms with Crippen molar-refractivity contribution in [2.24, 2.45) is 5.92 Å². The lowest BCUT2D eigenvalue weighted by molar-refractivity contribution is -0.385. The van der Waals surface area contributed by atoms with Crippen molar-refractivity contribution in [3.05, 3.63) is 39.4 Å². The maximum atomic E-state index is 12.0. The van der Waals surface area contributed by atoms with Crippen LogP contribution in [0.5, 0.6) is 0 Å². The molecule has 1 amide bonds. The van der Waals surface area contributed by atoms with Crippen LogP contribution in [-0.4, -0.2) is 28.5 Å².